The fourth-order valence-electron chi connectivity index (χ4n) is 1.09. The third-order valence-corrected chi connectivity index (χ3v) is 3.58. The molecule has 0 spiro atoms. The normalized spacial score (nSPS) is 16.3. The molecule has 6 heteroatoms. The minimum absolute atomic E-state index is 0.166. The molecular formula is C11H19N3O2S. The van der Waals surface area contributed by atoms with Crippen molar-refractivity contribution in [2.24, 2.45) is 5.73 Å². The van der Waals surface area contributed by atoms with Gasteiger partial charge in [-0.15, -0.1) is 11.3 Å². The molecule has 0 aromatic carbocycles. The van der Waals surface area contributed by atoms with Crippen LogP contribution in [-0.2, 0) is 0 Å². The molecule has 0 saturated heterocycles. The summed E-state index contributed by atoms with van der Waals surface area (Å²) in [6.45, 7) is 5.58. The number of aliphatic hydroxyl groups is 1. The zero-order chi connectivity index (χ0) is 13.1. The Labute approximate surface area is 105 Å². The number of amides is 1. The van der Waals surface area contributed by atoms with Crippen molar-refractivity contribution in [3.05, 3.63) is 16.1 Å². The number of aromatic nitrogens is 1. The zero-order valence-corrected chi connectivity index (χ0v) is 11.2. The van der Waals surface area contributed by atoms with E-state index in [9.17, 15) is 9.90 Å². The summed E-state index contributed by atoms with van der Waals surface area (Å²) in [5.41, 5.74) is 5.14. The van der Waals surface area contributed by atoms with Crippen molar-refractivity contribution in [1.82, 2.24) is 10.3 Å². The number of thiazole rings is 1. The highest BCUT2D eigenvalue weighted by atomic mass is 32.1. The molecule has 0 aliphatic carbocycles. The summed E-state index contributed by atoms with van der Waals surface area (Å²) in [4.78, 5) is 15.9. The van der Waals surface area contributed by atoms with Crippen LogP contribution in [0.1, 0.15) is 48.7 Å². The Bertz CT molecular complexity index is 388. The first kappa shape index (κ1) is 14.1. The molecule has 0 aliphatic heterocycles. The van der Waals surface area contributed by atoms with Gasteiger partial charge in [-0.3, -0.25) is 4.79 Å². The topological polar surface area (TPSA) is 88.2 Å². The van der Waals surface area contributed by atoms with E-state index in [0.717, 1.165) is 5.01 Å². The molecule has 4 N–H and O–H groups in total. The Hall–Kier alpha value is -0.980. The van der Waals surface area contributed by atoms with E-state index >= 15 is 0 Å². The number of nitrogens with zero attached hydrogens (tertiary/aromatic N) is 1. The van der Waals surface area contributed by atoms with Gasteiger partial charge in [0.1, 0.15) is 10.7 Å². The monoisotopic (exact) mass is 257 g/mol. The fraction of sp³-hybridized carbons (Fsp3) is 0.636. The van der Waals surface area contributed by atoms with E-state index in [0.29, 0.717) is 12.1 Å². The third-order valence-electron chi connectivity index (χ3n) is 2.54. The van der Waals surface area contributed by atoms with Gasteiger partial charge in [0.2, 0.25) is 0 Å². The molecule has 1 rings (SSSR count). The molecule has 0 radical (unpaired) electrons. The Morgan fingerprint density at radius 3 is 2.88 bits per heavy atom. The molecule has 96 valence electrons. The van der Waals surface area contributed by atoms with Gasteiger partial charge in [0.15, 0.2) is 0 Å². The number of hydrogen-bond acceptors (Lipinski definition) is 5. The van der Waals surface area contributed by atoms with E-state index in [1.54, 1.807) is 12.3 Å². The molecule has 0 bridgehead atoms. The van der Waals surface area contributed by atoms with Crippen molar-refractivity contribution in [2.75, 3.05) is 6.54 Å². The van der Waals surface area contributed by atoms with Crippen LogP contribution in [0.2, 0.25) is 0 Å². The number of hydrogen-bond donors (Lipinski definition) is 3. The summed E-state index contributed by atoms with van der Waals surface area (Å²) >= 11 is 1.37. The van der Waals surface area contributed by atoms with Crippen molar-refractivity contribution in [2.45, 2.75) is 38.8 Å². The minimum Gasteiger partial charge on any atom is -0.388 e. The highest BCUT2D eigenvalue weighted by Gasteiger charge is 2.20. The summed E-state index contributed by atoms with van der Waals surface area (Å²) in [6.07, 6.45) is 0.579. The maximum Gasteiger partial charge on any atom is 0.270 e. The molecule has 5 nitrogen and oxygen atoms in total. The molecular weight excluding hydrogens is 238 g/mol. The standard InChI is InChI=1S/C11H19N3O2S/c1-4-11(3,16)6-13-9(15)8-5-17-10(14-8)7(2)12/h5,7,16H,4,6,12H2,1-3H3,(H,13,15). The molecule has 2 atom stereocenters. The maximum absolute atomic E-state index is 11.7. The number of nitrogens with two attached hydrogens (primary N) is 1. The average molecular weight is 257 g/mol. The predicted molar refractivity (Wildman–Crippen MR) is 68.0 cm³/mol. The van der Waals surface area contributed by atoms with Gasteiger partial charge in [-0.05, 0) is 20.3 Å². The van der Waals surface area contributed by atoms with Gasteiger partial charge < -0.3 is 16.2 Å². The molecule has 17 heavy (non-hydrogen) atoms. The minimum atomic E-state index is -0.879. The van der Waals surface area contributed by atoms with Crippen molar-refractivity contribution < 1.29 is 9.90 Å². The SMILES string of the molecule is CCC(C)(O)CNC(=O)c1csc(C(C)N)n1. The first-order valence-corrected chi connectivity index (χ1v) is 6.45. The highest BCUT2D eigenvalue weighted by Crippen LogP contribution is 2.16. The van der Waals surface area contributed by atoms with Gasteiger partial charge in [0, 0.05) is 11.9 Å². The van der Waals surface area contributed by atoms with Crippen LogP contribution in [0.25, 0.3) is 0 Å². The van der Waals surface area contributed by atoms with E-state index in [1.807, 2.05) is 13.8 Å². The van der Waals surface area contributed by atoms with Crippen LogP contribution in [-0.4, -0.2) is 28.1 Å². The number of rotatable bonds is 5. The summed E-state index contributed by atoms with van der Waals surface area (Å²) in [5, 5.41) is 14.8. The summed E-state index contributed by atoms with van der Waals surface area (Å²) in [5.74, 6) is -0.276. The van der Waals surface area contributed by atoms with E-state index in [-0.39, 0.29) is 18.5 Å². The smallest absolute Gasteiger partial charge is 0.270 e. The lowest BCUT2D eigenvalue weighted by atomic mass is 10.0. The van der Waals surface area contributed by atoms with Crippen LogP contribution in [0, 0.1) is 0 Å². The van der Waals surface area contributed by atoms with Gasteiger partial charge in [-0.25, -0.2) is 4.98 Å². The largest absolute Gasteiger partial charge is 0.388 e. The van der Waals surface area contributed by atoms with E-state index in [4.69, 9.17) is 5.73 Å². The molecule has 2 unspecified atom stereocenters. The Morgan fingerprint density at radius 2 is 2.41 bits per heavy atom. The Morgan fingerprint density at radius 1 is 1.76 bits per heavy atom. The fourth-order valence-corrected chi connectivity index (χ4v) is 1.85. The molecule has 1 heterocycles. The quantitative estimate of drug-likeness (QED) is 0.735. The lowest BCUT2D eigenvalue weighted by Gasteiger charge is -2.21. The van der Waals surface area contributed by atoms with Gasteiger partial charge in [-0.2, -0.15) is 0 Å². The van der Waals surface area contributed by atoms with Crippen molar-refractivity contribution >= 4 is 17.2 Å². The molecule has 0 saturated carbocycles. The molecule has 1 amide bonds. The zero-order valence-electron chi connectivity index (χ0n) is 10.4. The summed E-state index contributed by atoms with van der Waals surface area (Å²) < 4.78 is 0. The lowest BCUT2D eigenvalue weighted by Crippen LogP contribution is -2.40. The lowest BCUT2D eigenvalue weighted by molar-refractivity contribution is 0.0517. The first-order chi connectivity index (χ1) is 7.85. The highest BCUT2D eigenvalue weighted by molar-refractivity contribution is 7.09. The summed E-state index contributed by atoms with van der Waals surface area (Å²) in [7, 11) is 0. The number of nitrogens with one attached hydrogen (secondary N) is 1. The van der Waals surface area contributed by atoms with Crippen LogP contribution < -0.4 is 11.1 Å². The predicted octanol–water partition coefficient (Wildman–Crippen LogP) is 1.05. The second-order valence-electron chi connectivity index (χ2n) is 4.39. The van der Waals surface area contributed by atoms with Crippen molar-refractivity contribution in [3.63, 3.8) is 0 Å². The van der Waals surface area contributed by atoms with Gasteiger partial charge >= 0.3 is 0 Å². The van der Waals surface area contributed by atoms with Gasteiger partial charge in [0.05, 0.1) is 11.6 Å². The van der Waals surface area contributed by atoms with Crippen LogP contribution in [0.5, 0.6) is 0 Å². The molecule has 0 fully saturated rings. The number of carbonyl (C=O) groups excluding carboxylic acids is 1. The van der Waals surface area contributed by atoms with Gasteiger partial charge in [0.25, 0.3) is 5.91 Å². The van der Waals surface area contributed by atoms with Crippen molar-refractivity contribution in [3.8, 4) is 0 Å². The second kappa shape index (κ2) is 5.57. The molecule has 1 aromatic heterocycles. The Balaban J connectivity index is 2.58. The van der Waals surface area contributed by atoms with Crippen LogP contribution in [0.3, 0.4) is 0 Å². The molecule has 0 aliphatic rings. The maximum atomic E-state index is 11.7. The Kier molecular flexibility index (Phi) is 4.62. The van der Waals surface area contributed by atoms with E-state index in [2.05, 4.69) is 10.3 Å². The van der Waals surface area contributed by atoms with Gasteiger partial charge in [-0.1, -0.05) is 6.92 Å². The van der Waals surface area contributed by atoms with Crippen molar-refractivity contribution in [1.29, 1.82) is 0 Å². The number of carbonyl (C=O) groups is 1. The molecule has 1 aromatic rings. The van der Waals surface area contributed by atoms with Crippen LogP contribution >= 0.6 is 11.3 Å². The second-order valence-corrected chi connectivity index (χ2v) is 5.28. The summed E-state index contributed by atoms with van der Waals surface area (Å²) in [6, 6.07) is -0.166. The van der Waals surface area contributed by atoms with E-state index in [1.165, 1.54) is 11.3 Å². The van der Waals surface area contributed by atoms with E-state index < -0.39 is 5.60 Å². The van der Waals surface area contributed by atoms with Crippen LogP contribution in [0.15, 0.2) is 5.38 Å². The third kappa shape index (κ3) is 4.07. The van der Waals surface area contributed by atoms with Crippen LogP contribution in [0.4, 0.5) is 0 Å². The first-order valence-electron chi connectivity index (χ1n) is 5.57. The average Bonchev–Trinajstić information content (AvgIpc) is 2.75.